The van der Waals surface area contributed by atoms with Gasteiger partial charge in [-0.25, -0.2) is 13.8 Å². The molecular formula is C25H21BrCl2F3N3O5S. The summed E-state index contributed by atoms with van der Waals surface area (Å²) in [4.78, 5) is 12.5. The Labute approximate surface area is 246 Å². The number of amides is 1. The van der Waals surface area contributed by atoms with E-state index in [4.69, 9.17) is 32.7 Å². The molecule has 0 fully saturated rings. The van der Waals surface area contributed by atoms with E-state index in [0.29, 0.717) is 36.9 Å². The number of hydrogen-bond donors (Lipinski definition) is 1. The van der Waals surface area contributed by atoms with Crippen molar-refractivity contribution in [2.75, 3.05) is 24.2 Å². The van der Waals surface area contributed by atoms with Gasteiger partial charge in [-0.1, -0.05) is 41.4 Å². The van der Waals surface area contributed by atoms with Crippen molar-refractivity contribution in [3.05, 3.63) is 85.8 Å². The van der Waals surface area contributed by atoms with E-state index in [2.05, 4.69) is 26.5 Å². The fraction of sp³-hybridized carbons (Fsp3) is 0.200. The second-order valence-corrected chi connectivity index (χ2v) is 11.7. The molecule has 0 saturated heterocycles. The van der Waals surface area contributed by atoms with Gasteiger partial charge in [-0.15, -0.1) is 0 Å². The largest absolute Gasteiger partial charge is 0.493 e. The Hall–Kier alpha value is -3.00. The van der Waals surface area contributed by atoms with Crippen LogP contribution in [0.1, 0.15) is 16.7 Å². The first-order chi connectivity index (χ1) is 18.7. The van der Waals surface area contributed by atoms with E-state index in [0.717, 1.165) is 24.0 Å². The maximum atomic E-state index is 13.2. The van der Waals surface area contributed by atoms with Gasteiger partial charge in [0.25, 0.3) is 5.91 Å². The number of nitrogens with one attached hydrogen (secondary N) is 1. The first-order valence-corrected chi connectivity index (χ1v) is 14.5. The van der Waals surface area contributed by atoms with Crippen molar-refractivity contribution in [1.82, 2.24) is 5.43 Å². The molecule has 0 saturated carbocycles. The number of carbonyl (C=O) groups excluding carboxylic acids is 1. The monoisotopic (exact) mass is 681 g/mol. The average molecular weight is 683 g/mol. The fourth-order valence-corrected chi connectivity index (χ4v) is 5.19. The summed E-state index contributed by atoms with van der Waals surface area (Å²) in [5.74, 6) is -0.162. The lowest BCUT2D eigenvalue weighted by atomic mass is 10.2. The molecule has 0 unspecified atom stereocenters. The second-order valence-electron chi connectivity index (χ2n) is 8.14. The summed E-state index contributed by atoms with van der Waals surface area (Å²) < 4.78 is 76.6. The van der Waals surface area contributed by atoms with Crippen LogP contribution in [0.3, 0.4) is 0 Å². The molecule has 0 aliphatic carbocycles. The SMILES string of the molecule is COc1cc(/C=N\NC(=O)CN(c2ccc(Cl)c(C(F)(F)F)c2)S(C)(=O)=O)cc(Br)c1OCc1ccccc1Cl. The third-order valence-corrected chi connectivity index (χ3v) is 7.64. The number of alkyl halides is 3. The molecule has 0 spiro atoms. The predicted octanol–water partition coefficient (Wildman–Crippen LogP) is 6.28. The zero-order valence-electron chi connectivity index (χ0n) is 20.8. The lowest BCUT2D eigenvalue weighted by Crippen LogP contribution is -2.39. The molecule has 15 heteroatoms. The molecule has 0 radical (unpaired) electrons. The quantitative estimate of drug-likeness (QED) is 0.201. The predicted molar refractivity (Wildman–Crippen MR) is 151 cm³/mol. The topological polar surface area (TPSA) is 97.3 Å². The number of ether oxygens (including phenoxy) is 2. The van der Waals surface area contributed by atoms with Crippen LogP contribution in [0.5, 0.6) is 11.5 Å². The summed E-state index contributed by atoms with van der Waals surface area (Å²) in [7, 11) is -2.71. The number of carbonyl (C=O) groups is 1. The smallest absolute Gasteiger partial charge is 0.417 e. The summed E-state index contributed by atoms with van der Waals surface area (Å²) in [6, 6.07) is 12.9. The number of nitrogens with zero attached hydrogens (tertiary/aromatic N) is 2. The number of hydrazone groups is 1. The van der Waals surface area contributed by atoms with Crippen molar-refractivity contribution in [1.29, 1.82) is 0 Å². The van der Waals surface area contributed by atoms with Gasteiger partial charge in [-0.3, -0.25) is 9.10 Å². The molecule has 40 heavy (non-hydrogen) atoms. The Morgan fingerprint density at radius 1 is 1.12 bits per heavy atom. The second kappa shape index (κ2) is 13.1. The fourth-order valence-electron chi connectivity index (χ4n) is 3.35. The van der Waals surface area contributed by atoms with Crippen LogP contribution in [0.2, 0.25) is 10.0 Å². The minimum Gasteiger partial charge on any atom is -0.493 e. The highest BCUT2D eigenvalue weighted by Crippen LogP contribution is 2.38. The molecule has 0 heterocycles. The molecule has 1 N–H and O–H groups in total. The third-order valence-electron chi connectivity index (χ3n) is 5.22. The third kappa shape index (κ3) is 8.26. The lowest BCUT2D eigenvalue weighted by Gasteiger charge is -2.22. The minimum atomic E-state index is -4.83. The highest BCUT2D eigenvalue weighted by Gasteiger charge is 2.34. The van der Waals surface area contributed by atoms with Gasteiger partial charge in [-0.05, 0) is 57.9 Å². The van der Waals surface area contributed by atoms with Crippen LogP contribution in [-0.4, -0.2) is 40.4 Å². The minimum absolute atomic E-state index is 0.174. The van der Waals surface area contributed by atoms with Crippen LogP contribution in [0, 0.1) is 0 Å². The van der Waals surface area contributed by atoms with E-state index in [1.807, 2.05) is 12.1 Å². The normalized spacial score (nSPS) is 11.9. The summed E-state index contributed by atoms with van der Waals surface area (Å²) in [5.41, 5.74) is 1.77. The van der Waals surface area contributed by atoms with Crippen LogP contribution in [0.25, 0.3) is 0 Å². The van der Waals surface area contributed by atoms with E-state index >= 15 is 0 Å². The number of rotatable bonds is 10. The summed E-state index contributed by atoms with van der Waals surface area (Å²) >= 11 is 15.2. The standard InChI is InChI=1S/C25H21BrCl2F3N3O5S/c1-38-22-10-15(9-19(26)24(22)39-14-16-5-3-4-6-20(16)27)12-32-33-23(35)13-34(40(2,36)37)17-7-8-21(28)18(11-17)25(29,30)31/h3-12H,13-14H2,1-2H3,(H,33,35)/b32-12-. The van der Waals surface area contributed by atoms with E-state index in [-0.39, 0.29) is 12.3 Å². The van der Waals surface area contributed by atoms with Crippen molar-refractivity contribution in [3.8, 4) is 11.5 Å². The van der Waals surface area contributed by atoms with Crippen LogP contribution < -0.4 is 19.2 Å². The maximum absolute atomic E-state index is 13.2. The van der Waals surface area contributed by atoms with Gasteiger partial charge < -0.3 is 9.47 Å². The molecule has 3 rings (SSSR count). The van der Waals surface area contributed by atoms with Crippen molar-refractivity contribution in [2.24, 2.45) is 5.10 Å². The molecular weight excluding hydrogens is 662 g/mol. The Morgan fingerprint density at radius 3 is 2.45 bits per heavy atom. The molecule has 0 aromatic heterocycles. The van der Waals surface area contributed by atoms with Crippen LogP contribution >= 0.6 is 39.1 Å². The Kier molecular flexibility index (Phi) is 10.3. The Morgan fingerprint density at radius 2 is 1.82 bits per heavy atom. The van der Waals surface area contributed by atoms with Crippen LogP contribution in [0.4, 0.5) is 18.9 Å². The van der Waals surface area contributed by atoms with Gasteiger partial charge in [0.15, 0.2) is 11.5 Å². The first-order valence-electron chi connectivity index (χ1n) is 11.1. The van der Waals surface area contributed by atoms with Crippen LogP contribution in [0.15, 0.2) is 64.2 Å². The van der Waals surface area contributed by atoms with Gasteiger partial charge in [0.2, 0.25) is 10.0 Å². The molecule has 1 amide bonds. The highest BCUT2D eigenvalue weighted by molar-refractivity contribution is 9.10. The summed E-state index contributed by atoms with van der Waals surface area (Å²) in [5, 5.41) is 3.75. The van der Waals surface area contributed by atoms with E-state index < -0.39 is 39.2 Å². The van der Waals surface area contributed by atoms with Crippen molar-refractivity contribution in [2.45, 2.75) is 12.8 Å². The number of methoxy groups -OCH3 is 1. The van der Waals surface area contributed by atoms with E-state index in [9.17, 15) is 26.4 Å². The molecule has 8 nitrogen and oxygen atoms in total. The first kappa shape index (κ1) is 31.5. The highest BCUT2D eigenvalue weighted by atomic mass is 79.9. The Balaban J connectivity index is 1.73. The number of sulfonamides is 1. The van der Waals surface area contributed by atoms with E-state index in [1.165, 1.54) is 13.3 Å². The zero-order valence-corrected chi connectivity index (χ0v) is 24.7. The van der Waals surface area contributed by atoms with Gasteiger partial charge in [-0.2, -0.15) is 18.3 Å². The molecule has 0 aliphatic rings. The summed E-state index contributed by atoms with van der Waals surface area (Å²) in [6.45, 7) is -0.663. The number of benzene rings is 3. The van der Waals surface area contributed by atoms with Crippen molar-refractivity contribution < 1.29 is 35.9 Å². The lowest BCUT2D eigenvalue weighted by molar-refractivity contribution is -0.137. The number of halogens is 6. The average Bonchev–Trinajstić information content (AvgIpc) is 2.86. The molecule has 0 atom stereocenters. The molecule has 3 aromatic carbocycles. The number of hydrogen-bond acceptors (Lipinski definition) is 6. The molecule has 214 valence electrons. The van der Waals surface area contributed by atoms with Gasteiger partial charge in [0, 0.05) is 10.6 Å². The molecule has 3 aromatic rings. The number of anilines is 1. The van der Waals surface area contributed by atoms with Crippen molar-refractivity contribution in [3.63, 3.8) is 0 Å². The maximum Gasteiger partial charge on any atom is 0.417 e. The van der Waals surface area contributed by atoms with Gasteiger partial charge >= 0.3 is 6.18 Å². The molecule has 0 aliphatic heterocycles. The Bertz CT molecular complexity index is 1540. The summed E-state index contributed by atoms with van der Waals surface area (Å²) in [6.07, 6.45) is -2.81. The molecule has 0 bridgehead atoms. The van der Waals surface area contributed by atoms with Crippen molar-refractivity contribution >= 4 is 67.0 Å². The van der Waals surface area contributed by atoms with Gasteiger partial charge in [0.05, 0.1) is 40.3 Å². The van der Waals surface area contributed by atoms with Crippen LogP contribution in [-0.2, 0) is 27.6 Å². The van der Waals surface area contributed by atoms with Gasteiger partial charge in [0.1, 0.15) is 13.2 Å². The zero-order chi connectivity index (χ0) is 29.7. The van der Waals surface area contributed by atoms with E-state index in [1.54, 1.807) is 24.3 Å².